The molecule has 1 amide bonds. The summed E-state index contributed by atoms with van der Waals surface area (Å²) < 4.78 is 0. The van der Waals surface area contributed by atoms with Gasteiger partial charge in [-0.1, -0.05) is 0 Å². The van der Waals surface area contributed by atoms with Gasteiger partial charge in [0.2, 0.25) is 0 Å². The van der Waals surface area contributed by atoms with Crippen LogP contribution in [0.5, 0.6) is 0 Å². The summed E-state index contributed by atoms with van der Waals surface area (Å²) in [4.78, 5) is 30.4. The number of carbonyl (C=O) groups is 1. The molecule has 1 atom stereocenters. The second-order valence-corrected chi connectivity index (χ2v) is 6.08. The van der Waals surface area contributed by atoms with E-state index in [1.807, 2.05) is 18.0 Å². The summed E-state index contributed by atoms with van der Waals surface area (Å²) in [6.07, 6.45) is 4.88. The molecule has 0 unspecified atom stereocenters. The van der Waals surface area contributed by atoms with E-state index >= 15 is 0 Å². The molecular weight excluding hydrogens is 302 g/mol. The molecule has 4 N–H and O–H groups in total. The third-order valence-electron chi connectivity index (χ3n) is 3.29. The zero-order valence-corrected chi connectivity index (χ0v) is 12.9. The van der Waals surface area contributed by atoms with Gasteiger partial charge in [0.05, 0.1) is 11.2 Å². The van der Waals surface area contributed by atoms with E-state index < -0.39 is 0 Å². The van der Waals surface area contributed by atoms with Crippen molar-refractivity contribution in [2.75, 3.05) is 23.7 Å². The lowest BCUT2D eigenvalue weighted by Gasteiger charge is -2.25. The van der Waals surface area contributed by atoms with Gasteiger partial charge in [-0.15, -0.1) is 11.8 Å². The average molecular weight is 319 g/mol. The van der Waals surface area contributed by atoms with Crippen LogP contribution in [0.4, 0.5) is 5.82 Å². The van der Waals surface area contributed by atoms with E-state index in [1.54, 1.807) is 6.33 Å². The molecule has 116 valence electrons. The summed E-state index contributed by atoms with van der Waals surface area (Å²) >= 11 is 1.53. The number of H-pyrrole nitrogens is 1. The second-order valence-electron chi connectivity index (χ2n) is 4.94. The number of imidazole rings is 1. The number of anilines is 1. The molecule has 0 bridgehead atoms. The Kier molecular flexibility index (Phi) is 4.25. The minimum absolute atomic E-state index is 0.0530. The fourth-order valence-electron chi connectivity index (χ4n) is 2.11. The van der Waals surface area contributed by atoms with Gasteiger partial charge in [-0.25, -0.2) is 15.0 Å². The van der Waals surface area contributed by atoms with Gasteiger partial charge in [0.1, 0.15) is 11.8 Å². The topological polar surface area (TPSA) is 113 Å². The molecule has 0 saturated heterocycles. The number of nitrogens with zero attached hydrogens (tertiary/aromatic N) is 4. The standard InChI is InChI=1S/C13H17N7OS/c1-8(4-14)19-13(21)9-5-20(2-3-22-9)12-10-11(16-6-15-10)17-7-18-12/h5-8H,2-4,14H2,1H3,(H,19,21)(H,15,16,17,18)/t8-/m1/s1. The van der Waals surface area contributed by atoms with Gasteiger partial charge in [-0.2, -0.15) is 0 Å². The summed E-state index contributed by atoms with van der Waals surface area (Å²) in [5, 5.41) is 2.87. The molecule has 9 heteroatoms. The van der Waals surface area contributed by atoms with Crippen LogP contribution in [-0.2, 0) is 4.79 Å². The van der Waals surface area contributed by atoms with E-state index in [4.69, 9.17) is 5.73 Å². The van der Waals surface area contributed by atoms with Gasteiger partial charge in [0.25, 0.3) is 5.91 Å². The van der Waals surface area contributed by atoms with Crippen LogP contribution in [0.3, 0.4) is 0 Å². The first-order valence-corrected chi connectivity index (χ1v) is 7.94. The van der Waals surface area contributed by atoms with Crippen molar-refractivity contribution in [1.29, 1.82) is 0 Å². The predicted octanol–water partition coefficient (Wildman–Crippen LogP) is 0.211. The number of rotatable bonds is 4. The SMILES string of the molecule is C[C@H](CN)NC(=O)C1=CN(c2ncnc3nc[nH]c23)CCS1. The van der Waals surface area contributed by atoms with Crippen LogP contribution in [-0.4, -0.2) is 50.7 Å². The van der Waals surface area contributed by atoms with Gasteiger partial charge >= 0.3 is 0 Å². The monoisotopic (exact) mass is 319 g/mol. The van der Waals surface area contributed by atoms with Crippen molar-refractivity contribution in [3.05, 3.63) is 23.8 Å². The van der Waals surface area contributed by atoms with E-state index in [0.29, 0.717) is 17.1 Å². The van der Waals surface area contributed by atoms with Crippen LogP contribution in [0, 0.1) is 0 Å². The molecule has 0 radical (unpaired) electrons. The van der Waals surface area contributed by atoms with Crippen LogP contribution in [0.25, 0.3) is 11.2 Å². The molecular formula is C13H17N7OS. The Morgan fingerprint density at radius 1 is 1.55 bits per heavy atom. The summed E-state index contributed by atoms with van der Waals surface area (Å²) in [7, 11) is 0. The molecule has 3 heterocycles. The highest BCUT2D eigenvalue weighted by Gasteiger charge is 2.21. The van der Waals surface area contributed by atoms with Crippen LogP contribution in [0.1, 0.15) is 6.92 Å². The second kappa shape index (κ2) is 6.32. The Bertz CT molecular complexity index is 713. The highest BCUT2D eigenvalue weighted by Crippen LogP contribution is 2.27. The van der Waals surface area contributed by atoms with Gasteiger partial charge < -0.3 is 20.9 Å². The molecule has 1 aliphatic rings. The lowest BCUT2D eigenvalue weighted by Crippen LogP contribution is -2.39. The zero-order chi connectivity index (χ0) is 15.5. The number of thioether (sulfide) groups is 1. The fourth-order valence-corrected chi connectivity index (χ4v) is 3.01. The quantitative estimate of drug-likeness (QED) is 0.738. The maximum atomic E-state index is 12.2. The first kappa shape index (κ1) is 14.8. The van der Waals surface area contributed by atoms with Crippen LogP contribution in [0.15, 0.2) is 23.8 Å². The highest BCUT2D eigenvalue weighted by molar-refractivity contribution is 8.04. The summed E-state index contributed by atoms with van der Waals surface area (Å²) in [6.45, 7) is 3.05. The first-order chi connectivity index (χ1) is 10.7. The van der Waals surface area contributed by atoms with Crippen molar-refractivity contribution < 1.29 is 4.79 Å². The number of hydrogen-bond donors (Lipinski definition) is 3. The summed E-state index contributed by atoms with van der Waals surface area (Å²) in [5.74, 6) is 1.41. The molecule has 3 rings (SSSR count). The lowest BCUT2D eigenvalue weighted by molar-refractivity contribution is -0.117. The van der Waals surface area contributed by atoms with Gasteiger partial charge in [-0.3, -0.25) is 4.79 Å². The number of hydrogen-bond acceptors (Lipinski definition) is 7. The van der Waals surface area contributed by atoms with E-state index in [-0.39, 0.29) is 11.9 Å². The van der Waals surface area contributed by atoms with E-state index in [1.165, 1.54) is 18.1 Å². The Labute approximate surface area is 131 Å². The molecule has 8 nitrogen and oxygen atoms in total. The molecule has 0 spiro atoms. The average Bonchev–Trinajstić information content (AvgIpc) is 3.03. The third kappa shape index (κ3) is 2.90. The first-order valence-electron chi connectivity index (χ1n) is 6.95. The number of aromatic amines is 1. The Morgan fingerprint density at radius 3 is 3.23 bits per heavy atom. The van der Waals surface area contributed by atoms with E-state index in [9.17, 15) is 4.79 Å². The van der Waals surface area contributed by atoms with Crippen LogP contribution < -0.4 is 16.0 Å². The number of carbonyl (C=O) groups excluding carboxylic acids is 1. The maximum absolute atomic E-state index is 12.2. The molecule has 2 aromatic rings. The third-order valence-corrected chi connectivity index (χ3v) is 4.28. The molecule has 0 aliphatic carbocycles. The van der Waals surface area contributed by atoms with Crippen LogP contribution in [0.2, 0.25) is 0 Å². The van der Waals surface area contributed by atoms with E-state index in [2.05, 4.69) is 25.3 Å². The van der Waals surface area contributed by atoms with Crippen molar-refractivity contribution >= 4 is 34.7 Å². The fraction of sp³-hybridized carbons (Fsp3) is 0.385. The largest absolute Gasteiger partial charge is 0.348 e. The maximum Gasteiger partial charge on any atom is 0.259 e. The van der Waals surface area contributed by atoms with Gasteiger partial charge in [-0.05, 0) is 6.92 Å². The van der Waals surface area contributed by atoms with Crippen molar-refractivity contribution in [2.45, 2.75) is 13.0 Å². The van der Waals surface area contributed by atoms with E-state index in [0.717, 1.165) is 23.6 Å². The lowest BCUT2D eigenvalue weighted by atomic mass is 10.3. The summed E-state index contributed by atoms with van der Waals surface area (Å²) in [6, 6.07) is -0.0530. The van der Waals surface area contributed by atoms with Crippen molar-refractivity contribution in [2.24, 2.45) is 5.73 Å². The number of nitrogens with one attached hydrogen (secondary N) is 2. The van der Waals surface area contributed by atoms with Gasteiger partial charge in [0, 0.05) is 31.1 Å². The minimum atomic E-state index is -0.109. The molecule has 0 saturated carbocycles. The van der Waals surface area contributed by atoms with Crippen LogP contribution >= 0.6 is 11.8 Å². The highest BCUT2D eigenvalue weighted by atomic mass is 32.2. The number of fused-ring (bicyclic) bond motifs is 1. The number of amides is 1. The Balaban J connectivity index is 1.87. The van der Waals surface area contributed by atoms with Crippen molar-refractivity contribution in [3.8, 4) is 0 Å². The molecule has 22 heavy (non-hydrogen) atoms. The molecule has 0 fully saturated rings. The number of aromatic nitrogens is 4. The zero-order valence-electron chi connectivity index (χ0n) is 12.1. The smallest absolute Gasteiger partial charge is 0.259 e. The Morgan fingerprint density at radius 2 is 2.41 bits per heavy atom. The van der Waals surface area contributed by atoms with Crippen molar-refractivity contribution in [3.63, 3.8) is 0 Å². The van der Waals surface area contributed by atoms with Gasteiger partial charge in [0.15, 0.2) is 11.5 Å². The molecule has 0 aromatic carbocycles. The number of nitrogens with two attached hydrogens (primary N) is 1. The normalized spacial score (nSPS) is 16.5. The van der Waals surface area contributed by atoms with Crippen molar-refractivity contribution in [1.82, 2.24) is 25.3 Å². The molecule has 1 aliphatic heterocycles. The predicted molar refractivity (Wildman–Crippen MR) is 86.2 cm³/mol. The minimum Gasteiger partial charge on any atom is -0.348 e. The summed E-state index contributed by atoms with van der Waals surface area (Å²) in [5.41, 5.74) is 6.91. The Hall–Kier alpha value is -2.13. The molecule has 2 aromatic heterocycles.